The molecule has 0 fully saturated rings. The van der Waals surface area contributed by atoms with Gasteiger partial charge in [-0.25, -0.2) is 8.78 Å². The van der Waals surface area contributed by atoms with Crippen molar-refractivity contribution in [3.8, 4) is 5.75 Å². The van der Waals surface area contributed by atoms with Crippen molar-refractivity contribution < 1.29 is 13.9 Å². The zero-order valence-electron chi connectivity index (χ0n) is 9.55. The van der Waals surface area contributed by atoms with E-state index >= 15 is 0 Å². The molecule has 0 bridgehead atoms. The van der Waals surface area contributed by atoms with Crippen LogP contribution in [0.5, 0.6) is 5.75 Å². The second kappa shape index (κ2) is 5.48. The number of nitrogens with one attached hydrogen (secondary N) is 1. The van der Waals surface area contributed by atoms with E-state index in [9.17, 15) is 13.9 Å². The summed E-state index contributed by atoms with van der Waals surface area (Å²) in [6.45, 7) is 0.0859. The summed E-state index contributed by atoms with van der Waals surface area (Å²) >= 11 is 0. The summed E-state index contributed by atoms with van der Waals surface area (Å²) in [5, 5.41) is 16.1. The summed E-state index contributed by atoms with van der Waals surface area (Å²) in [6, 6.07) is 6.82. The van der Waals surface area contributed by atoms with Crippen LogP contribution in [0.15, 0.2) is 36.7 Å². The van der Waals surface area contributed by atoms with E-state index in [0.29, 0.717) is 12.2 Å². The summed E-state index contributed by atoms with van der Waals surface area (Å²) in [6.07, 6.45) is 0.601. The molecule has 1 heterocycles. The average molecular weight is 253 g/mol. The van der Waals surface area contributed by atoms with Gasteiger partial charge in [-0.15, -0.1) is 0 Å². The topological polar surface area (TPSA) is 50.1 Å². The molecule has 18 heavy (non-hydrogen) atoms. The molecule has 0 atom stereocenters. The number of phenols is 1. The van der Waals surface area contributed by atoms with Gasteiger partial charge in [0.25, 0.3) is 6.43 Å². The van der Waals surface area contributed by atoms with Gasteiger partial charge in [-0.3, -0.25) is 4.68 Å². The maximum Gasteiger partial charge on any atom is 0.257 e. The third-order valence-corrected chi connectivity index (χ3v) is 2.37. The maximum atomic E-state index is 12.1. The number of anilines is 1. The summed E-state index contributed by atoms with van der Waals surface area (Å²) in [7, 11) is 0. The normalized spacial score (nSPS) is 10.8. The van der Waals surface area contributed by atoms with Crippen LogP contribution >= 0.6 is 0 Å². The van der Waals surface area contributed by atoms with Crippen LogP contribution < -0.4 is 5.32 Å². The molecule has 1 aromatic carbocycles. The molecule has 0 saturated heterocycles. The highest BCUT2D eigenvalue weighted by molar-refractivity contribution is 5.40. The number of nitrogens with zero attached hydrogens (tertiary/aromatic N) is 2. The third-order valence-electron chi connectivity index (χ3n) is 2.37. The van der Waals surface area contributed by atoms with Crippen LogP contribution in [0.3, 0.4) is 0 Å². The minimum absolute atomic E-state index is 0.197. The Balaban J connectivity index is 1.92. The lowest BCUT2D eigenvalue weighted by Crippen LogP contribution is -2.06. The largest absolute Gasteiger partial charge is 0.508 e. The number of rotatable bonds is 5. The number of hydrogen-bond donors (Lipinski definition) is 2. The van der Waals surface area contributed by atoms with Gasteiger partial charge in [0.1, 0.15) is 12.3 Å². The van der Waals surface area contributed by atoms with Crippen molar-refractivity contribution in [1.29, 1.82) is 0 Å². The first-order chi connectivity index (χ1) is 8.63. The molecule has 0 radical (unpaired) electrons. The number of aromatic nitrogens is 2. The van der Waals surface area contributed by atoms with Gasteiger partial charge in [-0.2, -0.15) is 5.10 Å². The first-order valence-corrected chi connectivity index (χ1v) is 5.46. The quantitative estimate of drug-likeness (QED) is 0.860. The Morgan fingerprint density at radius 3 is 2.94 bits per heavy atom. The molecule has 2 aromatic rings. The molecule has 0 aliphatic rings. The van der Waals surface area contributed by atoms with Crippen molar-refractivity contribution in [3.63, 3.8) is 0 Å². The minimum atomic E-state index is -2.41. The lowest BCUT2D eigenvalue weighted by Gasteiger charge is -2.04. The lowest BCUT2D eigenvalue weighted by molar-refractivity contribution is 0.122. The van der Waals surface area contributed by atoms with Crippen LogP contribution in [0, 0.1) is 0 Å². The van der Waals surface area contributed by atoms with Gasteiger partial charge in [0, 0.05) is 12.7 Å². The SMILES string of the molecule is Oc1cccc(CNc2cnn(CC(F)F)c2)c1. The van der Waals surface area contributed by atoms with E-state index < -0.39 is 13.0 Å². The fourth-order valence-electron chi connectivity index (χ4n) is 1.57. The molecule has 0 unspecified atom stereocenters. The van der Waals surface area contributed by atoms with E-state index in [1.165, 1.54) is 17.1 Å². The lowest BCUT2D eigenvalue weighted by atomic mass is 10.2. The maximum absolute atomic E-state index is 12.1. The molecule has 0 spiro atoms. The highest BCUT2D eigenvalue weighted by Crippen LogP contribution is 2.13. The molecule has 1 aromatic heterocycles. The summed E-state index contributed by atoms with van der Waals surface area (Å²) in [5.74, 6) is 0.197. The van der Waals surface area contributed by atoms with Crippen molar-refractivity contribution in [2.24, 2.45) is 0 Å². The van der Waals surface area contributed by atoms with Gasteiger partial charge in [-0.1, -0.05) is 12.1 Å². The van der Waals surface area contributed by atoms with Crippen molar-refractivity contribution in [2.45, 2.75) is 19.5 Å². The zero-order valence-corrected chi connectivity index (χ0v) is 9.55. The Bertz CT molecular complexity index is 514. The van der Waals surface area contributed by atoms with E-state index in [0.717, 1.165) is 5.56 Å². The summed E-state index contributed by atoms with van der Waals surface area (Å²) < 4.78 is 25.4. The fraction of sp³-hybridized carbons (Fsp3) is 0.250. The van der Waals surface area contributed by atoms with Gasteiger partial charge < -0.3 is 10.4 Å². The van der Waals surface area contributed by atoms with Gasteiger partial charge in [-0.05, 0) is 17.7 Å². The van der Waals surface area contributed by atoms with Crippen LogP contribution in [0.1, 0.15) is 5.56 Å². The molecule has 0 aliphatic carbocycles. The van der Waals surface area contributed by atoms with Gasteiger partial charge in [0.05, 0.1) is 11.9 Å². The van der Waals surface area contributed by atoms with E-state index in [4.69, 9.17) is 0 Å². The first-order valence-electron chi connectivity index (χ1n) is 5.46. The smallest absolute Gasteiger partial charge is 0.257 e. The highest BCUT2D eigenvalue weighted by Gasteiger charge is 2.05. The van der Waals surface area contributed by atoms with E-state index in [1.807, 2.05) is 6.07 Å². The molecule has 0 amide bonds. The predicted molar refractivity (Wildman–Crippen MR) is 63.7 cm³/mol. The number of alkyl halides is 2. The second-order valence-electron chi connectivity index (χ2n) is 3.87. The molecular formula is C12H13F2N3O. The number of phenolic OH excluding ortho intramolecular Hbond substituents is 1. The van der Waals surface area contributed by atoms with E-state index in [1.54, 1.807) is 18.2 Å². The molecule has 6 heteroatoms. The van der Waals surface area contributed by atoms with Crippen LogP contribution in [0.2, 0.25) is 0 Å². The van der Waals surface area contributed by atoms with Crippen LogP contribution in [-0.4, -0.2) is 21.3 Å². The number of hydrogen-bond acceptors (Lipinski definition) is 3. The fourth-order valence-corrected chi connectivity index (χ4v) is 1.57. The molecule has 4 nitrogen and oxygen atoms in total. The Labute approximate surface area is 103 Å². The monoisotopic (exact) mass is 253 g/mol. The Morgan fingerprint density at radius 1 is 1.39 bits per heavy atom. The van der Waals surface area contributed by atoms with Crippen molar-refractivity contribution in [2.75, 3.05) is 5.32 Å². The number of benzene rings is 1. The minimum Gasteiger partial charge on any atom is -0.508 e. The van der Waals surface area contributed by atoms with Crippen molar-refractivity contribution in [3.05, 3.63) is 42.2 Å². The Hall–Kier alpha value is -2.11. The summed E-state index contributed by atoms with van der Waals surface area (Å²) in [4.78, 5) is 0. The van der Waals surface area contributed by atoms with Crippen LogP contribution in [0.4, 0.5) is 14.5 Å². The third kappa shape index (κ3) is 3.44. The molecule has 0 aliphatic heterocycles. The van der Waals surface area contributed by atoms with Crippen molar-refractivity contribution >= 4 is 5.69 Å². The Morgan fingerprint density at radius 2 is 2.22 bits per heavy atom. The first kappa shape index (κ1) is 12.3. The standard InChI is InChI=1S/C12H13F2N3O/c13-12(14)8-17-7-10(6-16-17)15-5-9-2-1-3-11(18)4-9/h1-4,6-7,12,15,18H,5,8H2. The molecule has 96 valence electrons. The zero-order chi connectivity index (χ0) is 13.0. The second-order valence-corrected chi connectivity index (χ2v) is 3.87. The van der Waals surface area contributed by atoms with Crippen molar-refractivity contribution in [1.82, 2.24) is 9.78 Å². The van der Waals surface area contributed by atoms with Crippen LogP contribution in [0.25, 0.3) is 0 Å². The average Bonchev–Trinajstić information content (AvgIpc) is 2.73. The number of aromatic hydroxyl groups is 1. The molecule has 0 saturated carbocycles. The summed E-state index contributed by atoms with van der Waals surface area (Å²) in [5.41, 5.74) is 1.57. The predicted octanol–water partition coefficient (Wildman–Crippen LogP) is 2.47. The van der Waals surface area contributed by atoms with Crippen LogP contribution in [-0.2, 0) is 13.1 Å². The molecular weight excluding hydrogens is 240 g/mol. The van der Waals surface area contributed by atoms with E-state index in [-0.39, 0.29) is 5.75 Å². The number of halogens is 2. The van der Waals surface area contributed by atoms with Gasteiger partial charge in [0.2, 0.25) is 0 Å². The molecule has 2 rings (SSSR count). The molecule has 2 N–H and O–H groups in total. The van der Waals surface area contributed by atoms with E-state index in [2.05, 4.69) is 10.4 Å². The van der Waals surface area contributed by atoms with Gasteiger partial charge >= 0.3 is 0 Å². The Kier molecular flexibility index (Phi) is 3.76. The highest BCUT2D eigenvalue weighted by atomic mass is 19.3. The van der Waals surface area contributed by atoms with Gasteiger partial charge in [0.15, 0.2) is 0 Å².